The van der Waals surface area contributed by atoms with Crippen molar-refractivity contribution in [3.8, 4) is 0 Å². The van der Waals surface area contributed by atoms with Crippen molar-refractivity contribution in [2.45, 2.75) is 431 Å². The Hall–Kier alpha value is -1.40. The number of hydrogen-bond acceptors (Lipinski definition) is 5. The number of hydrogen-bond donors (Lipinski definition) is 3. The van der Waals surface area contributed by atoms with Crippen LogP contribution in [0.25, 0.3) is 0 Å². The van der Waals surface area contributed by atoms with Crippen LogP contribution in [-0.2, 0) is 14.3 Å². The molecule has 0 aromatic carbocycles. The smallest absolute Gasteiger partial charge is 0.305 e. The summed E-state index contributed by atoms with van der Waals surface area (Å²) >= 11 is 0. The number of aliphatic hydroxyl groups excluding tert-OH is 2. The lowest BCUT2D eigenvalue weighted by Crippen LogP contribution is -2.45. The Bertz CT molecular complexity index is 1190. The third-order valence-corrected chi connectivity index (χ3v) is 17.3. The Morgan fingerprint density at radius 3 is 0.861 bits per heavy atom. The zero-order valence-electron chi connectivity index (χ0n) is 53.9. The molecule has 0 bridgehead atoms. The zero-order chi connectivity index (χ0) is 57.1. The lowest BCUT2D eigenvalue weighted by atomic mass is 10.0. The van der Waals surface area contributed by atoms with E-state index in [1.165, 1.54) is 353 Å². The van der Waals surface area contributed by atoms with E-state index in [2.05, 4.69) is 19.2 Å². The van der Waals surface area contributed by atoms with Crippen LogP contribution in [-0.4, -0.2) is 47.4 Å². The maximum atomic E-state index is 12.5. The molecule has 0 aliphatic carbocycles. The Labute approximate surface area is 495 Å². The SMILES string of the molecule is CCCCCCCCCCCCCCCCCCCC/C=C/C(O)C(CO)NC(=O)CCCCCCCCCCCCCCCCCCCCCCCCCCCCOC(=O)CCCCCCCCCCCCCCCCCC. The minimum absolute atomic E-state index is 0.0215. The quantitative estimate of drug-likeness (QED) is 0.0320. The summed E-state index contributed by atoms with van der Waals surface area (Å²) in [6.07, 6.45) is 85.8. The van der Waals surface area contributed by atoms with Gasteiger partial charge >= 0.3 is 5.97 Å². The lowest BCUT2D eigenvalue weighted by molar-refractivity contribution is -0.143. The maximum absolute atomic E-state index is 12.5. The number of esters is 1. The monoisotopic (exact) mass is 1110 g/mol. The van der Waals surface area contributed by atoms with E-state index >= 15 is 0 Å². The molecule has 2 atom stereocenters. The van der Waals surface area contributed by atoms with Crippen LogP contribution >= 0.6 is 0 Å². The fraction of sp³-hybridized carbons (Fsp3) is 0.945. The van der Waals surface area contributed by atoms with Gasteiger partial charge in [-0.15, -0.1) is 0 Å². The van der Waals surface area contributed by atoms with Gasteiger partial charge in [0.15, 0.2) is 0 Å². The molecule has 0 aliphatic rings. The highest BCUT2D eigenvalue weighted by Gasteiger charge is 2.18. The van der Waals surface area contributed by atoms with Crippen molar-refractivity contribution in [2.24, 2.45) is 0 Å². The third-order valence-electron chi connectivity index (χ3n) is 17.3. The number of carbonyl (C=O) groups excluding carboxylic acids is 2. The third kappa shape index (κ3) is 65.6. The standard InChI is InChI=1S/C73H143NO5/c1-3-5-7-9-11-13-15-17-19-21-22-31-34-37-41-45-49-53-57-61-65-71(76)70(69-75)74-72(77)66-62-58-54-50-46-42-38-35-32-29-27-25-23-24-26-28-30-33-36-40-44-48-52-56-60-64-68-79-73(78)67-63-59-55-51-47-43-39-20-18-16-14-12-10-8-6-4-2/h61,65,70-71,75-76H,3-60,62-64,66-69H2,1-2H3,(H,74,77)/b65-61+. The molecule has 0 rings (SSSR count). The van der Waals surface area contributed by atoms with Crippen molar-refractivity contribution in [1.82, 2.24) is 5.32 Å². The van der Waals surface area contributed by atoms with Gasteiger partial charge in [-0.3, -0.25) is 9.59 Å². The predicted octanol–water partition coefficient (Wildman–Crippen LogP) is 23.5. The fourth-order valence-corrected chi connectivity index (χ4v) is 11.8. The molecule has 0 spiro atoms. The Morgan fingerprint density at radius 1 is 0.342 bits per heavy atom. The van der Waals surface area contributed by atoms with Crippen molar-refractivity contribution >= 4 is 11.9 Å². The van der Waals surface area contributed by atoms with Crippen molar-refractivity contribution in [3.63, 3.8) is 0 Å². The molecule has 0 radical (unpaired) electrons. The number of rotatable bonds is 69. The van der Waals surface area contributed by atoms with E-state index in [0.29, 0.717) is 19.4 Å². The summed E-state index contributed by atoms with van der Waals surface area (Å²) in [5.41, 5.74) is 0. The second-order valence-corrected chi connectivity index (χ2v) is 25.3. The molecule has 0 saturated heterocycles. The average molecular weight is 1110 g/mol. The van der Waals surface area contributed by atoms with Crippen molar-refractivity contribution in [3.05, 3.63) is 12.2 Å². The first-order chi connectivity index (χ1) is 39.0. The van der Waals surface area contributed by atoms with Gasteiger partial charge in [0.1, 0.15) is 0 Å². The molecular formula is C73H143NO5. The summed E-state index contributed by atoms with van der Waals surface area (Å²) in [6, 6.07) is -0.626. The predicted molar refractivity (Wildman–Crippen MR) is 347 cm³/mol. The first kappa shape index (κ1) is 77.6. The average Bonchev–Trinajstić information content (AvgIpc) is 3.45. The second kappa shape index (κ2) is 69.1. The van der Waals surface area contributed by atoms with Gasteiger partial charge in [0, 0.05) is 12.8 Å². The van der Waals surface area contributed by atoms with E-state index in [9.17, 15) is 19.8 Å². The maximum Gasteiger partial charge on any atom is 0.305 e. The minimum atomic E-state index is -0.843. The normalized spacial score (nSPS) is 12.5. The first-order valence-corrected chi connectivity index (χ1v) is 36.5. The highest BCUT2D eigenvalue weighted by atomic mass is 16.5. The van der Waals surface area contributed by atoms with Gasteiger partial charge in [0.2, 0.25) is 5.91 Å². The number of nitrogens with one attached hydrogen (secondary N) is 1. The summed E-state index contributed by atoms with van der Waals surface area (Å²) < 4.78 is 5.51. The van der Waals surface area contributed by atoms with Crippen LogP contribution in [0.2, 0.25) is 0 Å². The molecule has 470 valence electrons. The largest absolute Gasteiger partial charge is 0.466 e. The second-order valence-electron chi connectivity index (χ2n) is 25.3. The highest BCUT2D eigenvalue weighted by molar-refractivity contribution is 5.76. The molecular weight excluding hydrogens is 971 g/mol. The summed E-state index contributed by atoms with van der Waals surface area (Å²) in [5.74, 6) is -0.0396. The molecule has 2 unspecified atom stereocenters. The van der Waals surface area contributed by atoms with E-state index < -0.39 is 12.1 Å². The molecule has 0 aliphatic heterocycles. The fourth-order valence-electron chi connectivity index (χ4n) is 11.8. The van der Waals surface area contributed by atoms with Crippen molar-refractivity contribution in [1.29, 1.82) is 0 Å². The summed E-state index contributed by atoms with van der Waals surface area (Å²) in [4.78, 5) is 24.6. The van der Waals surface area contributed by atoms with Crippen LogP contribution < -0.4 is 5.32 Å². The van der Waals surface area contributed by atoms with Gasteiger partial charge in [-0.25, -0.2) is 0 Å². The van der Waals surface area contributed by atoms with Gasteiger partial charge in [-0.2, -0.15) is 0 Å². The van der Waals surface area contributed by atoms with Crippen LogP contribution in [0.5, 0.6) is 0 Å². The van der Waals surface area contributed by atoms with Gasteiger partial charge in [0.05, 0.1) is 25.4 Å². The van der Waals surface area contributed by atoms with Crippen molar-refractivity contribution < 1.29 is 24.5 Å². The van der Waals surface area contributed by atoms with Crippen LogP contribution in [0.15, 0.2) is 12.2 Å². The van der Waals surface area contributed by atoms with E-state index in [1.54, 1.807) is 6.08 Å². The van der Waals surface area contributed by atoms with E-state index in [0.717, 1.165) is 38.5 Å². The molecule has 0 fully saturated rings. The number of amides is 1. The molecule has 0 aromatic heterocycles. The van der Waals surface area contributed by atoms with Gasteiger partial charge in [0.25, 0.3) is 0 Å². The number of carbonyl (C=O) groups is 2. The molecule has 6 heteroatoms. The van der Waals surface area contributed by atoms with E-state index in [1.807, 2.05) is 6.08 Å². The minimum Gasteiger partial charge on any atom is -0.466 e. The van der Waals surface area contributed by atoms with E-state index in [4.69, 9.17) is 4.74 Å². The Balaban J connectivity index is 3.36. The topological polar surface area (TPSA) is 95.9 Å². The van der Waals surface area contributed by atoms with Crippen LogP contribution in [0.4, 0.5) is 0 Å². The summed E-state index contributed by atoms with van der Waals surface area (Å²) in [6.45, 7) is 4.96. The first-order valence-electron chi connectivity index (χ1n) is 36.5. The molecule has 0 aromatic rings. The van der Waals surface area contributed by atoms with Gasteiger partial charge in [-0.05, 0) is 32.1 Å². The van der Waals surface area contributed by atoms with Crippen molar-refractivity contribution in [2.75, 3.05) is 13.2 Å². The lowest BCUT2D eigenvalue weighted by Gasteiger charge is -2.20. The zero-order valence-corrected chi connectivity index (χ0v) is 53.9. The Morgan fingerprint density at radius 2 is 0.582 bits per heavy atom. The van der Waals surface area contributed by atoms with Gasteiger partial charge in [-0.1, -0.05) is 386 Å². The summed E-state index contributed by atoms with van der Waals surface area (Å²) in [7, 11) is 0. The number of aliphatic hydroxyl groups is 2. The molecule has 0 heterocycles. The summed E-state index contributed by atoms with van der Waals surface area (Å²) in [5, 5.41) is 23.3. The highest BCUT2D eigenvalue weighted by Crippen LogP contribution is 2.19. The molecule has 3 N–H and O–H groups in total. The Kier molecular flexibility index (Phi) is 67.9. The number of allylic oxidation sites excluding steroid dienone is 1. The molecule has 79 heavy (non-hydrogen) atoms. The van der Waals surface area contributed by atoms with Crippen LogP contribution in [0, 0.1) is 0 Å². The van der Waals surface area contributed by atoms with Crippen LogP contribution in [0.3, 0.4) is 0 Å². The molecule has 6 nitrogen and oxygen atoms in total. The molecule has 1 amide bonds. The van der Waals surface area contributed by atoms with Gasteiger partial charge < -0.3 is 20.3 Å². The number of ether oxygens (including phenoxy) is 1. The van der Waals surface area contributed by atoms with E-state index in [-0.39, 0.29) is 18.5 Å². The molecule has 0 saturated carbocycles. The number of unbranched alkanes of at least 4 members (excludes halogenated alkanes) is 58. The van der Waals surface area contributed by atoms with Crippen LogP contribution in [0.1, 0.15) is 418 Å².